The van der Waals surface area contributed by atoms with Gasteiger partial charge in [0.05, 0.1) is 5.88 Å². The van der Waals surface area contributed by atoms with Crippen LogP contribution in [0.25, 0.3) is 0 Å². The second-order valence-electron chi connectivity index (χ2n) is 3.85. The van der Waals surface area contributed by atoms with Crippen molar-refractivity contribution >= 4 is 22.9 Å². The molecule has 0 aliphatic carbocycles. The van der Waals surface area contributed by atoms with Crippen LogP contribution in [0.5, 0.6) is 0 Å². The molecule has 1 atom stereocenters. The zero-order valence-electron chi connectivity index (χ0n) is 9.35. The lowest BCUT2D eigenvalue weighted by molar-refractivity contribution is 0.531. The minimum Gasteiger partial charge on any atom is -0.313 e. The minimum atomic E-state index is 0.349. The summed E-state index contributed by atoms with van der Waals surface area (Å²) in [6.45, 7) is 4.29. The van der Waals surface area contributed by atoms with E-state index >= 15 is 0 Å². The van der Waals surface area contributed by atoms with Crippen molar-refractivity contribution in [1.29, 1.82) is 0 Å². The lowest BCUT2D eigenvalue weighted by atomic mass is 10.2. The Hall–Kier alpha value is -0.870. The highest BCUT2D eigenvalue weighted by molar-refractivity contribution is 7.11. The first-order valence-electron chi connectivity index (χ1n) is 5.20. The summed E-state index contributed by atoms with van der Waals surface area (Å²) in [5.41, 5.74) is 0. The molecule has 3 nitrogen and oxygen atoms in total. The maximum absolute atomic E-state index is 5.80. The summed E-state index contributed by atoms with van der Waals surface area (Å²) in [5.74, 6) is 1.25. The first-order chi connectivity index (χ1) is 7.70. The van der Waals surface area contributed by atoms with E-state index in [0.717, 1.165) is 12.2 Å². The number of alkyl halides is 1. The number of aromatic nitrogens is 3. The first kappa shape index (κ1) is 11.6. The van der Waals surface area contributed by atoms with E-state index in [1.165, 1.54) is 9.75 Å². The van der Waals surface area contributed by atoms with Gasteiger partial charge < -0.3 is 4.57 Å². The average Bonchev–Trinajstić information content (AvgIpc) is 2.86. The van der Waals surface area contributed by atoms with Gasteiger partial charge in [0.15, 0.2) is 0 Å². The summed E-state index contributed by atoms with van der Waals surface area (Å²) in [6, 6.07) is 4.68. The average molecular weight is 256 g/mol. The summed E-state index contributed by atoms with van der Waals surface area (Å²) in [4.78, 5) is 2.74. The van der Waals surface area contributed by atoms with Crippen molar-refractivity contribution in [3.63, 3.8) is 0 Å². The summed E-state index contributed by atoms with van der Waals surface area (Å²) < 4.78 is 2.04. The maximum Gasteiger partial charge on any atom is 0.148 e. The molecule has 2 aromatic rings. The summed E-state index contributed by atoms with van der Waals surface area (Å²) in [6.07, 6.45) is 2.75. The fraction of sp³-hybridized carbons (Fsp3) is 0.455. The van der Waals surface area contributed by atoms with E-state index < -0.39 is 0 Å². The van der Waals surface area contributed by atoms with Crippen molar-refractivity contribution in [3.05, 3.63) is 34.0 Å². The molecule has 5 heteroatoms. The second-order valence-corrected chi connectivity index (χ2v) is 5.49. The van der Waals surface area contributed by atoms with Gasteiger partial charge in [0.1, 0.15) is 12.2 Å². The molecule has 0 aliphatic heterocycles. The van der Waals surface area contributed by atoms with Gasteiger partial charge in [-0.3, -0.25) is 0 Å². The smallest absolute Gasteiger partial charge is 0.148 e. The molecule has 86 valence electrons. The molecule has 0 bridgehead atoms. The maximum atomic E-state index is 5.80. The molecule has 16 heavy (non-hydrogen) atoms. The molecule has 0 spiro atoms. The number of rotatable bonds is 4. The number of aryl methyl sites for hydroxylation is 1. The topological polar surface area (TPSA) is 30.7 Å². The van der Waals surface area contributed by atoms with Crippen molar-refractivity contribution in [2.45, 2.75) is 32.2 Å². The highest BCUT2D eigenvalue weighted by Crippen LogP contribution is 2.22. The summed E-state index contributed by atoms with van der Waals surface area (Å²) in [7, 11) is 0. The third-order valence-electron chi connectivity index (χ3n) is 2.53. The number of nitrogens with zero attached hydrogens (tertiary/aromatic N) is 3. The molecule has 0 saturated carbocycles. The zero-order chi connectivity index (χ0) is 11.5. The van der Waals surface area contributed by atoms with Gasteiger partial charge in [-0.1, -0.05) is 0 Å². The van der Waals surface area contributed by atoms with Crippen molar-refractivity contribution in [2.24, 2.45) is 0 Å². The predicted molar refractivity (Wildman–Crippen MR) is 67.1 cm³/mol. The van der Waals surface area contributed by atoms with Crippen LogP contribution in [0, 0.1) is 6.92 Å². The normalized spacial score (nSPS) is 12.9. The number of hydrogen-bond acceptors (Lipinski definition) is 3. The lowest BCUT2D eigenvalue weighted by Gasteiger charge is -2.13. The van der Waals surface area contributed by atoms with Crippen LogP contribution >= 0.6 is 22.9 Å². The Morgan fingerprint density at radius 3 is 2.94 bits per heavy atom. The van der Waals surface area contributed by atoms with Gasteiger partial charge in [-0.15, -0.1) is 33.1 Å². The van der Waals surface area contributed by atoms with E-state index in [1.807, 2.05) is 15.9 Å². The number of thiophene rings is 1. The second kappa shape index (κ2) is 4.97. The van der Waals surface area contributed by atoms with Crippen LogP contribution in [0.3, 0.4) is 0 Å². The number of hydrogen-bond donors (Lipinski definition) is 0. The van der Waals surface area contributed by atoms with Crippen LogP contribution in [-0.2, 0) is 12.3 Å². The zero-order valence-corrected chi connectivity index (χ0v) is 10.9. The van der Waals surface area contributed by atoms with Crippen molar-refractivity contribution in [3.8, 4) is 0 Å². The molecule has 2 heterocycles. The minimum absolute atomic E-state index is 0.349. The van der Waals surface area contributed by atoms with Gasteiger partial charge >= 0.3 is 0 Å². The molecular weight excluding hydrogens is 242 g/mol. The highest BCUT2D eigenvalue weighted by Gasteiger charge is 2.11. The Bertz CT molecular complexity index is 463. The van der Waals surface area contributed by atoms with Crippen LogP contribution in [0.1, 0.15) is 28.5 Å². The Morgan fingerprint density at radius 2 is 2.31 bits per heavy atom. The van der Waals surface area contributed by atoms with Crippen LogP contribution in [0.4, 0.5) is 0 Å². The Balaban J connectivity index is 2.11. The molecule has 0 N–H and O–H groups in total. The van der Waals surface area contributed by atoms with Crippen LogP contribution in [0.15, 0.2) is 18.5 Å². The fourth-order valence-corrected chi connectivity index (χ4v) is 2.92. The summed E-state index contributed by atoms with van der Waals surface area (Å²) >= 11 is 7.64. The first-order valence-corrected chi connectivity index (χ1v) is 6.55. The van der Waals surface area contributed by atoms with E-state index in [-0.39, 0.29) is 0 Å². The molecule has 0 aliphatic rings. The third-order valence-corrected chi connectivity index (χ3v) is 3.80. The Morgan fingerprint density at radius 1 is 1.50 bits per heavy atom. The molecule has 2 aromatic heterocycles. The van der Waals surface area contributed by atoms with Gasteiger partial charge in [-0.25, -0.2) is 0 Å². The largest absolute Gasteiger partial charge is 0.313 e. The molecule has 0 radical (unpaired) electrons. The lowest BCUT2D eigenvalue weighted by Crippen LogP contribution is -2.09. The van der Waals surface area contributed by atoms with Crippen LogP contribution < -0.4 is 0 Å². The molecule has 0 amide bonds. The van der Waals surface area contributed by atoms with Crippen LogP contribution in [-0.4, -0.2) is 14.8 Å². The van der Waals surface area contributed by atoms with Gasteiger partial charge in [0, 0.05) is 22.2 Å². The van der Waals surface area contributed by atoms with E-state index in [0.29, 0.717) is 11.9 Å². The Labute approximate surface area is 104 Å². The van der Waals surface area contributed by atoms with Gasteiger partial charge in [-0.2, -0.15) is 0 Å². The SMILES string of the molecule is Cc1ccc(CC(C)n2cnnc2CCl)s1. The molecule has 0 aromatic carbocycles. The van der Waals surface area contributed by atoms with Crippen LogP contribution in [0.2, 0.25) is 0 Å². The molecule has 1 unspecified atom stereocenters. The standard InChI is InChI=1S/C11H14ClN3S/c1-8(5-10-4-3-9(2)16-10)15-7-13-14-11(15)6-12/h3-4,7-8H,5-6H2,1-2H3. The molecule has 0 saturated heterocycles. The van der Waals surface area contributed by atoms with Gasteiger partial charge in [-0.05, 0) is 26.0 Å². The molecular formula is C11H14ClN3S. The molecule has 2 rings (SSSR count). The fourth-order valence-electron chi connectivity index (χ4n) is 1.71. The van der Waals surface area contributed by atoms with E-state index in [4.69, 9.17) is 11.6 Å². The summed E-state index contributed by atoms with van der Waals surface area (Å²) in [5, 5.41) is 7.88. The van der Waals surface area contributed by atoms with Crippen molar-refractivity contribution < 1.29 is 0 Å². The van der Waals surface area contributed by atoms with E-state index in [9.17, 15) is 0 Å². The number of halogens is 1. The van der Waals surface area contributed by atoms with E-state index in [1.54, 1.807) is 6.33 Å². The third kappa shape index (κ3) is 2.44. The van der Waals surface area contributed by atoms with Gasteiger partial charge in [0.2, 0.25) is 0 Å². The van der Waals surface area contributed by atoms with Gasteiger partial charge in [0.25, 0.3) is 0 Å². The quantitative estimate of drug-likeness (QED) is 0.786. The highest BCUT2D eigenvalue weighted by atomic mass is 35.5. The molecule has 0 fully saturated rings. The predicted octanol–water partition coefficient (Wildman–Crippen LogP) is 3.19. The van der Waals surface area contributed by atoms with E-state index in [2.05, 4.69) is 36.2 Å². The van der Waals surface area contributed by atoms with Crippen molar-refractivity contribution in [2.75, 3.05) is 0 Å². The Kier molecular flexibility index (Phi) is 3.61. The monoisotopic (exact) mass is 255 g/mol. The van der Waals surface area contributed by atoms with Crippen molar-refractivity contribution in [1.82, 2.24) is 14.8 Å².